The molecule has 8 heteroatoms. The second-order valence-corrected chi connectivity index (χ2v) is 5.97. The van der Waals surface area contributed by atoms with Crippen LogP contribution in [0.25, 0.3) is 0 Å². The highest BCUT2D eigenvalue weighted by Crippen LogP contribution is 2.25. The number of hydrogen-bond donors (Lipinski definition) is 2. The molecule has 18 heavy (non-hydrogen) atoms. The van der Waals surface area contributed by atoms with E-state index in [4.69, 9.17) is 15.0 Å². The number of rotatable bonds is 5. The fourth-order valence-corrected chi connectivity index (χ4v) is 1.95. The summed E-state index contributed by atoms with van der Waals surface area (Å²) in [5.41, 5.74) is -0.191. The molecule has 0 amide bonds. The van der Waals surface area contributed by atoms with Gasteiger partial charge in [0.15, 0.2) is 0 Å². The van der Waals surface area contributed by atoms with Crippen molar-refractivity contribution in [2.75, 3.05) is 6.61 Å². The van der Waals surface area contributed by atoms with Crippen molar-refractivity contribution in [3.8, 4) is 5.75 Å². The van der Waals surface area contributed by atoms with Crippen molar-refractivity contribution in [2.45, 2.75) is 4.90 Å². The molecule has 0 aromatic heterocycles. The molecule has 1 aromatic carbocycles. The van der Waals surface area contributed by atoms with E-state index >= 15 is 0 Å². The largest absolute Gasteiger partial charge is 0.487 e. The standard InChI is InChI=1S/C10H10BrNO5S/c1-6(11)5-17-8-3-2-7(10(13)14)4-9(8)18(12,15)16/h2-4H,1,5H2,(H,13,14)(H2,12,15,16). The highest BCUT2D eigenvalue weighted by molar-refractivity contribution is 9.11. The zero-order valence-electron chi connectivity index (χ0n) is 9.09. The summed E-state index contributed by atoms with van der Waals surface area (Å²) in [6.07, 6.45) is 0. The molecule has 6 nitrogen and oxygen atoms in total. The number of benzene rings is 1. The van der Waals surface area contributed by atoms with Gasteiger partial charge in [-0.05, 0) is 18.2 Å². The molecule has 0 unspecified atom stereocenters. The number of ether oxygens (including phenoxy) is 1. The zero-order chi connectivity index (χ0) is 13.9. The monoisotopic (exact) mass is 335 g/mol. The third-order valence-corrected chi connectivity index (χ3v) is 3.04. The summed E-state index contributed by atoms with van der Waals surface area (Å²) < 4.78 is 28.4. The molecule has 0 atom stereocenters. The minimum absolute atomic E-state index is 0.0249. The molecule has 0 heterocycles. The van der Waals surface area contributed by atoms with Gasteiger partial charge < -0.3 is 9.84 Å². The number of primary sulfonamides is 1. The van der Waals surface area contributed by atoms with Crippen molar-refractivity contribution >= 4 is 31.9 Å². The molecule has 0 aliphatic heterocycles. The van der Waals surface area contributed by atoms with Gasteiger partial charge in [0.1, 0.15) is 17.3 Å². The molecule has 0 saturated carbocycles. The molecule has 0 saturated heterocycles. The van der Waals surface area contributed by atoms with Crippen molar-refractivity contribution in [2.24, 2.45) is 5.14 Å². The Balaban J connectivity index is 3.26. The molecule has 1 rings (SSSR count). The number of sulfonamides is 1. The maximum atomic E-state index is 11.3. The van der Waals surface area contributed by atoms with Crippen molar-refractivity contribution in [3.05, 3.63) is 34.8 Å². The number of nitrogens with two attached hydrogens (primary N) is 1. The van der Waals surface area contributed by atoms with Crippen molar-refractivity contribution < 1.29 is 23.1 Å². The Morgan fingerprint density at radius 2 is 2.11 bits per heavy atom. The first-order valence-electron chi connectivity index (χ1n) is 4.58. The van der Waals surface area contributed by atoms with Gasteiger partial charge in [0, 0.05) is 4.48 Å². The van der Waals surface area contributed by atoms with Gasteiger partial charge in [0.05, 0.1) is 5.56 Å². The van der Waals surface area contributed by atoms with Crippen molar-refractivity contribution in [1.29, 1.82) is 0 Å². The van der Waals surface area contributed by atoms with E-state index in [1.807, 2.05) is 0 Å². The van der Waals surface area contributed by atoms with Crippen molar-refractivity contribution in [1.82, 2.24) is 0 Å². The van der Waals surface area contributed by atoms with Gasteiger partial charge in [-0.2, -0.15) is 0 Å². The number of halogens is 1. The predicted molar refractivity (Wildman–Crippen MR) is 68.3 cm³/mol. The van der Waals surface area contributed by atoms with Gasteiger partial charge in [0.25, 0.3) is 0 Å². The third kappa shape index (κ3) is 3.83. The highest BCUT2D eigenvalue weighted by atomic mass is 79.9. The summed E-state index contributed by atoms with van der Waals surface area (Å²) in [5, 5.41) is 13.8. The first kappa shape index (κ1) is 14.7. The van der Waals surface area contributed by atoms with Crippen LogP contribution in [-0.4, -0.2) is 26.1 Å². The van der Waals surface area contributed by atoms with E-state index < -0.39 is 16.0 Å². The topological polar surface area (TPSA) is 107 Å². The average molecular weight is 336 g/mol. The van der Waals surface area contributed by atoms with E-state index in [0.717, 1.165) is 6.07 Å². The summed E-state index contributed by atoms with van der Waals surface area (Å²) in [6, 6.07) is 3.41. The molecular weight excluding hydrogens is 326 g/mol. The maximum absolute atomic E-state index is 11.3. The number of carbonyl (C=O) groups is 1. The molecule has 0 radical (unpaired) electrons. The van der Waals surface area contributed by atoms with Crippen LogP contribution in [0.15, 0.2) is 34.2 Å². The van der Waals surface area contributed by atoms with Gasteiger partial charge in [-0.15, -0.1) is 0 Å². The quantitative estimate of drug-likeness (QED) is 0.843. The number of hydrogen-bond acceptors (Lipinski definition) is 4. The van der Waals surface area contributed by atoms with Crippen LogP contribution in [0.3, 0.4) is 0 Å². The summed E-state index contributed by atoms with van der Waals surface area (Å²) in [6.45, 7) is 3.56. The molecule has 1 aromatic rings. The molecule has 0 fully saturated rings. The van der Waals surface area contributed by atoms with Crippen LogP contribution < -0.4 is 9.88 Å². The molecule has 0 bridgehead atoms. The van der Waals surface area contributed by atoms with Crippen LogP contribution in [0.4, 0.5) is 0 Å². The number of carboxylic acid groups (broad SMARTS) is 1. The second-order valence-electron chi connectivity index (χ2n) is 3.32. The maximum Gasteiger partial charge on any atom is 0.335 e. The first-order valence-corrected chi connectivity index (χ1v) is 6.92. The van der Waals surface area contributed by atoms with Crippen LogP contribution in [-0.2, 0) is 10.0 Å². The smallest absolute Gasteiger partial charge is 0.335 e. The first-order chi connectivity index (χ1) is 8.21. The SMILES string of the molecule is C=C(Br)COc1ccc(C(=O)O)cc1S(N)(=O)=O. The summed E-state index contributed by atoms with van der Waals surface area (Å²) in [7, 11) is -4.07. The van der Waals surface area contributed by atoms with Crippen LogP contribution in [0.1, 0.15) is 10.4 Å². The number of carboxylic acids is 1. The lowest BCUT2D eigenvalue weighted by Gasteiger charge is -2.10. The number of aromatic carboxylic acids is 1. The van der Waals surface area contributed by atoms with E-state index in [-0.39, 0.29) is 22.8 Å². The molecule has 98 valence electrons. The Bertz CT molecular complexity index is 596. The Morgan fingerprint density at radius 1 is 1.50 bits per heavy atom. The average Bonchev–Trinajstić information content (AvgIpc) is 2.24. The van der Waals surface area contributed by atoms with Crippen LogP contribution in [0, 0.1) is 0 Å². The fourth-order valence-electron chi connectivity index (χ4n) is 1.14. The Morgan fingerprint density at radius 3 is 2.56 bits per heavy atom. The normalized spacial score (nSPS) is 11.0. The minimum Gasteiger partial charge on any atom is -0.487 e. The highest BCUT2D eigenvalue weighted by Gasteiger charge is 2.18. The van der Waals surface area contributed by atoms with E-state index in [9.17, 15) is 13.2 Å². The Labute approximate surface area is 112 Å². The van der Waals surface area contributed by atoms with Crippen LogP contribution in [0.5, 0.6) is 5.75 Å². The van der Waals surface area contributed by atoms with E-state index in [0.29, 0.717) is 4.48 Å². The minimum atomic E-state index is -4.07. The molecule has 3 N–H and O–H groups in total. The predicted octanol–water partition coefficient (Wildman–Crippen LogP) is 1.32. The third-order valence-electron chi connectivity index (χ3n) is 1.88. The van der Waals surface area contributed by atoms with Gasteiger partial charge in [-0.25, -0.2) is 18.4 Å². The van der Waals surface area contributed by atoms with Crippen LogP contribution in [0.2, 0.25) is 0 Å². The molecule has 0 aliphatic carbocycles. The van der Waals surface area contributed by atoms with Crippen LogP contribution >= 0.6 is 15.9 Å². The van der Waals surface area contributed by atoms with Gasteiger partial charge in [-0.1, -0.05) is 22.5 Å². The Hall–Kier alpha value is -1.38. The van der Waals surface area contributed by atoms with Crippen molar-refractivity contribution in [3.63, 3.8) is 0 Å². The molecule has 0 aliphatic rings. The van der Waals surface area contributed by atoms with E-state index in [1.165, 1.54) is 12.1 Å². The lowest BCUT2D eigenvalue weighted by atomic mass is 10.2. The Kier molecular flexibility index (Phi) is 4.49. The second kappa shape index (κ2) is 5.51. The zero-order valence-corrected chi connectivity index (χ0v) is 11.5. The lowest BCUT2D eigenvalue weighted by molar-refractivity contribution is 0.0696. The molecule has 0 spiro atoms. The van der Waals surface area contributed by atoms with E-state index in [2.05, 4.69) is 22.5 Å². The summed E-state index contributed by atoms with van der Waals surface area (Å²) >= 11 is 3.05. The fraction of sp³-hybridized carbons (Fsp3) is 0.100. The van der Waals surface area contributed by atoms with E-state index in [1.54, 1.807) is 0 Å². The summed E-state index contributed by atoms with van der Waals surface area (Å²) in [4.78, 5) is 10.4. The van der Waals surface area contributed by atoms with Gasteiger partial charge in [-0.3, -0.25) is 0 Å². The lowest BCUT2D eigenvalue weighted by Crippen LogP contribution is -2.15. The molecular formula is C10H10BrNO5S. The van der Waals surface area contributed by atoms with Gasteiger partial charge >= 0.3 is 5.97 Å². The van der Waals surface area contributed by atoms with Gasteiger partial charge in [0.2, 0.25) is 10.0 Å². The summed E-state index contributed by atoms with van der Waals surface area (Å²) in [5.74, 6) is -1.28.